The zero-order valence-corrected chi connectivity index (χ0v) is 9.81. The Bertz CT molecular complexity index is 376. The highest BCUT2D eigenvalue weighted by Gasteiger charge is 2.56. The van der Waals surface area contributed by atoms with Gasteiger partial charge < -0.3 is 5.73 Å². The van der Waals surface area contributed by atoms with Crippen molar-refractivity contribution in [2.75, 3.05) is 0 Å². The van der Waals surface area contributed by atoms with Crippen molar-refractivity contribution in [3.05, 3.63) is 34.1 Å². The van der Waals surface area contributed by atoms with Crippen LogP contribution in [0.15, 0.2) is 22.7 Å². The first-order valence-corrected chi connectivity index (χ1v) is 5.44. The molecular formula is C11H13BrFN. The fraction of sp³-hybridized carbons (Fsp3) is 0.455. The van der Waals surface area contributed by atoms with Crippen LogP contribution in [0, 0.1) is 11.2 Å². The van der Waals surface area contributed by atoms with Crippen LogP contribution in [0.3, 0.4) is 0 Å². The Labute approximate surface area is 91.6 Å². The van der Waals surface area contributed by atoms with E-state index in [0.29, 0.717) is 10.4 Å². The van der Waals surface area contributed by atoms with Gasteiger partial charge in [0, 0.05) is 12.0 Å². The van der Waals surface area contributed by atoms with Crippen LogP contribution in [0.5, 0.6) is 0 Å². The Morgan fingerprint density at radius 3 is 2.43 bits per heavy atom. The second-order valence-corrected chi connectivity index (χ2v) is 5.35. The molecule has 0 heterocycles. The summed E-state index contributed by atoms with van der Waals surface area (Å²) in [5.74, 6) is 0.139. The molecule has 2 N–H and O–H groups in total. The van der Waals surface area contributed by atoms with E-state index in [2.05, 4.69) is 29.8 Å². The normalized spacial score (nSPS) is 28.9. The van der Waals surface area contributed by atoms with Gasteiger partial charge in [-0.1, -0.05) is 19.9 Å². The van der Waals surface area contributed by atoms with Gasteiger partial charge >= 0.3 is 0 Å². The predicted molar refractivity (Wildman–Crippen MR) is 58.6 cm³/mol. The minimum absolute atomic E-state index is 0.150. The molecule has 0 radical (unpaired) electrons. The van der Waals surface area contributed by atoms with Gasteiger partial charge in [-0.15, -0.1) is 0 Å². The molecule has 1 aliphatic carbocycles. The Kier molecular flexibility index (Phi) is 2.20. The maximum Gasteiger partial charge on any atom is 0.137 e. The molecule has 0 aromatic heterocycles. The molecule has 2 rings (SSSR count). The summed E-state index contributed by atoms with van der Waals surface area (Å²) < 4.78 is 13.5. The molecule has 1 aromatic carbocycles. The quantitative estimate of drug-likeness (QED) is 0.823. The molecule has 3 heteroatoms. The van der Waals surface area contributed by atoms with E-state index in [1.54, 1.807) is 0 Å². The number of hydrogen-bond donors (Lipinski definition) is 1. The van der Waals surface area contributed by atoms with E-state index in [1.807, 2.05) is 12.1 Å². The van der Waals surface area contributed by atoms with Crippen LogP contribution in [-0.4, -0.2) is 6.04 Å². The first-order chi connectivity index (χ1) is 6.44. The third-order valence-electron chi connectivity index (χ3n) is 3.21. The van der Waals surface area contributed by atoms with Gasteiger partial charge in [-0.3, -0.25) is 0 Å². The van der Waals surface area contributed by atoms with Crippen molar-refractivity contribution in [2.45, 2.75) is 25.8 Å². The summed E-state index contributed by atoms with van der Waals surface area (Å²) in [7, 11) is 0. The average Bonchev–Trinajstić information content (AvgIpc) is 2.58. The lowest BCUT2D eigenvalue weighted by molar-refractivity contribution is 0.596. The summed E-state index contributed by atoms with van der Waals surface area (Å²) >= 11 is 3.18. The lowest BCUT2D eigenvalue weighted by Gasteiger charge is -2.03. The molecule has 76 valence electrons. The zero-order valence-electron chi connectivity index (χ0n) is 8.22. The first kappa shape index (κ1) is 10.1. The van der Waals surface area contributed by atoms with E-state index in [9.17, 15) is 4.39 Å². The molecule has 1 aliphatic rings. The fourth-order valence-corrected chi connectivity index (χ4v) is 2.42. The summed E-state index contributed by atoms with van der Waals surface area (Å²) in [4.78, 5) is 0. The van der Waals surface area contributed by atoms with Crippen LogP contribution in [-0.2, 0) is 0 Å². The third kappa shape index (κ3) is 1.39. The van der Waals surface area contributed by atoms with E-state index >= 15 is 0 Å². The zero-order chi connectivity index (χ0) is 10.5. The molecular weight excluding hydrogens is 245 g/mol. The Morgan fingerprint density at radius 1 is 1.43 bits per heavy atom. The number of benzene rings is 1. The first-order valence-electron chi connectivity index (χ1n) is 4.65. The number of nitrogens with two attached hydrogens (primary N) is 1. The molecule has 1 aromatic rings. The van der Waals surface area contributed by atoms with Crippen LogP contribution in [0.4, 0.5) is 4.39 Å². The summed E-state index contributed by atoms with van der Waals surface area (Å²) in [6.45, 7) is 4.28. The summed E-state index contributed by atoms with van der Waals surface area (Å²) in [6, 6.07) is 5.33. The molecule has 1 nitrogen and oxygen atoms in total. The van der Waals surface area contributed by atoms with E-state index in [1.165, 1.54) is 6.07 Å². The lowest BCUT2D eigenvalue weighted by Crippen LogP contribution is -2.06. The molecule has 0 bridgehead atoms. The van der Waals surface area contributed by atoms with Crippen molar-refractivity contribution < 1.29 is 4.39 Å². The van der Waals surface area contributed by atoms with Gasteiger partial charge in [-0.05, 0) is 39.0 Å². The van der Waals surface area contributed by atoms with E-state index in [4.69, 9.17) is 5.73 Å². The molecule has 14 heavy (non-hydrogen) atoms. The highest BCUT2D eigenvalue weighted by atomic mass is 79.9. The SMILES string of the molecule is CC1(C)[C@@H](N)[C@@H]1c1ccc(F)c(Br)c1. The van der Waals surface area contributed by atoms with Gasteiger partial charge in [0.15, 0.2) is 0 Å². The van der Waals surface area contributed by atoms with Gasteiger partial charge in [-0.25, -0.2) is 4.39 Å². The Morgan fingerprint density at radius 2 is 2.00 bits per heavy atom. The van der Waals surface area contributed by atoms with Crippen LogP contribution in [0.25, 0.3) is 0 Å². The molecule has 0 aliphatic heterocycles. The van der Waals surface area contributed by atoms with Crippen molar-refractivity contribution >= 4 is 15.9 Å². The minimum Gasteiger partial charge on any atom is -0.327 e. The lowest BCUT2D eigenvalue weighted by atomic mass is 10.0. The summed E-state index contributed by atoms with van der Waals surface area (Å²) in [5.41, 5.74) is 7.23. The molecule has 1 fully saturated rings. The Hall–Kier alpha value is -0.410. The van der Waals surface area contributed by atoms with Gasteiger partial charge in [0.25, 0.3) is 0 Å². The highest BCUT2D eigenvalue weighted by molar-refractivity contribution is 9.10. The minimum atomic E-state index is -0.222. The molecule has 0 spiro atoms. The molecule has 1 saturated carbocycles. The second-order valence-electron chi connectivity index (χ2n) is 4.50. The fourth-order valence-electron chi connectivity index (χ4n) is 2.02. The van der Waals surface area contributed by atoms with E-state index in [0.717, 1.165) is 5.56 Å². The largest absolute Gasteiger partial charge is 0.327 e. The monoisotopic (exact) mass is 257 g/mol. The molecule has 2 atom stereocenters. The molecule has 0 saturated heterocycles. The molecule has 0 amide bonds. The topological polar surface area (TPSA) is 26.0 Å². The third-order valence-corrected chi connectivity index (χ3v) is 3.82. The van der Waals surface area contributed by atoms with Gasteiger partial charge in [0.2, 0.25) is 0 Å². The van der Waals surface area contributed by atoms with Gasteiger partial charge in [0.05, 0.1) is 4.47 Å². The van der Waals surface area contributed by atoms with Crippen LogP contribution in [0.1, 0.15) is 25.3 Å². The second kappa shape index (κ2) is 3.04. The number of halogens is 2. The van der Waals surface area contributed by atoms with Crippen LogP contribution >= 0.6 is 15.9 Å². The van der Waals surface area contributed by atoms with Gasteiger partial charge in [-0.2, -0.15) is 0 Å². The number of hydrogen-bond acceptors (Lipinski definition) is 1. The summed E-state index contributed by atoms with van der Waals surface area (Å²) in [6.07, 6.45) is 0. The Balaban J connectivity index is 2.32. The maximum atomic E-state index is 13.0. The van der Waals surface area contributed by atoms with Crippen molar-refractivity contribution in [1.29, 1.82) is 0 Å². The molecule has 0 unspecified atom stereocenters. The van der Waals surface area contributed by atoms with Crippen molar-refractivity contribution in [3.8, 4) is 0 Å². The van der Waals surface area contributed by atoms with E-state index < -0.39 is 0 Å². The van der Waals surface area contributed by atoms with Crippen LogP contribution < -0.4 is 5.73 Å². The highest BCUT2D eigenvalue weighted by Crippen LogP contribution is 2.57. The summed E-state index contributed by atoms with van der Waals surface area (Å²) in [5, 5.41) is 0. The standard InChI is InChI=1S/C11H13BrFN/c1-11(2)9(10(11)14)6-3-4-8(13)7(12)5-6/h3-5,9-10H,14H2,1-2H3/t9-,10-/m0/s1. The van der Waals surface area contributed by atoms with Crippen molar-refractivity contribution in [2.24, 2.45) is 11.1 Å². The van der Waals surface area contributed by atoms with Crippen molar-refractivity contribution in [3.63, 3.8) is 0 Å². The van der Waals surface area contributed by atoms with E-state index in [-0.39, 0.29) is 17.3 Å². The van der Waals surface area contributed by atoms with Crippen molar-refractivity contribution in [1.82, 2.24) is 0 Å². The number of rotatable bonds is 1. The average molecular weight is 258 g/mol. The predicted octanol–water partition coefficient (Wildman–Crippen LogP) is 3.04. The van der Waals surface area contributed by atoms with Gasteiger partial charge in [0.1, 0.15) is 5.82 Å². The van der Waals surface area contributed by atoms with Crippen LogP contribution in [0.2, 0.25) is 0 Å². The smallest absolute Gasteiger partial charge is 0.137 e. The maximum absolute atomic E-state index is 13.0.